The molecule has 0 fully saturated rings. The molecule has 0 aliphatic heterocycles. The summed E-state index contributed by atoms with van der Waals surface area (Å²) in [5, 5.41) is 39.6. The van der Waals surface area contributed by atoms with Crippen LogP contribution < -0.4 is 0 Å². The van der Waals surface area contributed by atoms with E-state index >= 15 is 0 Å². The van der Waals surface area contributed by atoms with Crippen molar-refractivity contribution in [3.05, 3.63) is 0 Å². The number of hydrogen-bond acceptors (Lipinski definition) is 5. The Kier molecular flexibility index (Phi) is 10.3. The zero-order valence-corrected chi connectivity index (χ0v) is 7.10. The van der Waals surface area contributed by atoms with Crippen molar-refractivity contribution in [3.63, 3.8) is 0 Å². The summed E-state index contributed by atoms with van der Waals surface area (Å²) in [5.41, 5.74) is 0. The molecule has 66 valence electrons. The number of hydrogen-bond donors (Lipinski definition) is 1. The van der Waals surface area contributed by atoms with E-state index in [1.807, 2.05) is 0 Å². The minimum absolute atomic E-state index is 0.368. The Morgan fingerprint density at radius 2 is 1.38 bits per heavy atom. The molecule has 0 unspecified atom stereocenters. The molecule has 0 spiro atoms. The highest BCUT2D eigenvalue weighted by molar-refractivity contribution is 4.98. The monoisotopic (exact) mass is 176 g/mol. The van der Waals surface area contributed by atoms with Crippen molar-refractivity contribution in [1.29, 1.82) is 21.0 Å². The third-order valence-corrected chi connectivity index (χ3v) is 0.882. The van der Waals surface area contributed by atoms with Gasteiger partial charge in [0.25, 0.3) is 0 Å². The Morgan fingerprint density at radius 1 is 1.00 bits per heavy atom. The fourth-order valence-electron chi connectivity index (χ4n) is 0.139. The molecule has 0 rings (SSSR count). The Labute approximate surface area is 76.7 Å². The molecule has 0 amide bonds. The summed E-state index contributed by atoms with van der Waals surface area (Å²) in [5.74, 6) is -1.30. The summed E-state index contributed by atoms with van der Waals surface area (Å²) in [4.78, 5) is 0. The van der Waals surface area contributed by atoms with Gasteiger partial charge in [0, 0.05) is 0 Å². The first kappa shape index (κ1) is 13.5. The number of aliphatic hydroxyl groups excluding tert-OH is 1. The number of rotatable bonds is 1. The second-order valence-corrected chi connectivity index (χ2v) is 1.97. The third-order valence-electron chi connectivity index (χ3n) is 0.882. The summed E-state index contributed by atoms with van der Waals surface area (Å²) < 4.78 is 0. The van der Waals surface area contributed by atoms with E-state index in [0.29, 0.717) is 0 Å². The molecule has 13 heavy (non-hydrogen) atoms. The van der Waals surface area contributed by atoms with Gasteiger partial charge in [0.05, 0.1) is 30.9 Å². The van der Waals surface area contributed by atoms with Crippen LogP contribution >= 0.6 is 0 Å². The van der Waals surface area contributed by atoms with Crippen LogP contribution in [0.15, 0.2) is 0 Å². The van der Waals surface area contributed by atoms with Gasteiger partial charge < -0.3 is 5.11 Å². The molecule has 0 radical (unpaired) electrons. The maximum absolute atomic E-state index is 8.08. The standard InChI is InChI=1S/C4H4N2O.C4H4N2/c5-1-4(2-6)3-7;1-4(2-5)3-6/h4,7H,3H2;4H,1H3. The molecule has 0 aromatic heterocycles. The van der Waals surface area contributed by atoms with Crippen LogP contribution in [0.25, 0.3) is 0 Å². The van der Waals surface area contributed by atoms with Gasteiger partial charge >= 0.3 is 0 Å². The molecule has 0 aromatic rings. The lowest BCUT2D eigenvalue weighted by Gasteiger charge is -1.83. The Balaban J connectivity index is 0. The fourth-order valence-corrected chi connectivity index (χ4v) is 0.139. The van der Waals surface area contributed by atoms with Gasteiger partial charge in [-0.05, 0) is 6.92 Å². The fraction of sp³-hybridized carbons (Fsp3) is 0.500. The van der Waals surface area contributed by atoms with Crippen LogP contribution in [-0.2, 0) is 0 Å². The molecular formula is C8H8N4O. The number of nitriles is 4. The molecule has 0 saturated heterocycles. The van der Waals surface area contributed by atoms with Gasteiger partial charge in [0.2, 0.25) is 0 Å². The van der Waals surface area contributed by atoms with Crippen LogP contribution in [0, 0.1) is 57.2 Å². The van der Waals surface area contributed by atoms with Crippen molar-refractivity contribution >= 4 is 0 Å². The molecule has 1 N–H and O–H groups in total. The van der Waals surface area contributed by atoms with E-state index in [4.69, 9.17) is 26.2 Å². The first-order valence-electron chi connectivity index (χ1n) is 3.35. The topological polar surface area (TPSA) is 115 Å². The third kappa shape index (κ3) is 9.92. The van der Waals surface area contributed by atoms with Crippen LogP contribution in [0.3, 0.4) is 0 Å². The number of aliphatic hydroxyl groups is 1. The van der Waals surface area contributed by atoms with E-state index in [-0.39, 0.29) is 6.61 Å². The van der Waals surface area contributed by atoms with Gasteiger partial charge in [0.15, 0.2) is 5.92 Å². The molecule has 5 nitrogen and oxygen atoms in total. The molecule has 0 saturated carbocycles. The molecule has 0 bridgehead atoms. The lowest BCUT2D eigenvalue weighted by Crippen LogP contribution is -1.97. The zero-order valence-electron chi connectivity index (χ0n) is 7.10. The van der Waals surface area contributed by atoms with Crippen molar-refractivity contribution in [2.24, 2.45) is 11.8 Å². The highest BCUT2D eigenvalue weighted by Crippen LogP contribution is 1.85. The Hall–Kier alpha value is -2.08. The maximum Gasteiger partial charge on any atom is 0.156 e. The predicted octanol–water partition coefficient (Wildman–Crippen LogP) is 0.312. The highest BCUT2D eigenvalue weighted by atomic mass is 16.3. The highest BCUT2D eigenvalue weighted by Gasteiger charge is 1.98. The van der Waals surface area contributed by atoms with E-state index in [1.165, 1.54) is 0 Å². The molecular weight excluding hydrogens is 168 g/mol. The lowest BCUT2D eigenvalue weighted by molar-refractivity contribution is 0.279. The van der Waals surface area contributed by atoms with Crippen molar-refractivity contribution in [2.45, 2.75) is 6.92 Å². The van der Waals surface area contributed by atoms with Crippen LogP contribution in [0.4, 0.5) is 0 Å². The molecule has 0 aliphatic rings. The van der Waals surface area contributed by atoms with E-state index < -0.39 is 11.8 Å². The normalized spacial score (nSPS) is 7.08. The first-order valence-corrected chi connectivity index (χ1v) is 3.35. The molecule has 5 heteroatoms. The summed E-state index contributed by atoms with van der Waals surface area (Å²) in [6.45, 7) is 1.19. The van der Waals surface area contributed by atoms with Crippen LogP contribution in [-0.4, -0.2) is 11.7 Å². The van der Waals surface area contributed by atoms with E-state index in [0.717, 1.165) is 0 Å². The maximum atomic E-state index is 8.08. The molecule has 0 aromatic carbocycles. The van der Waals surface area contributed by atoms with Gasteiger partial charge in [-0.1, -0.05) is 0 Å². The minimum Gasteiger partial charge on any atom is -0.394 e. The van der Waals surface area contributed by atoms with Crippen molar-refractivity contribution < 1.29 is 5.11 Å². The smallest absolute Gasteiger partial charge is 0.156 e. The molecule has 0 aliphatic carbocycles. The van der Waals surface area contributed by atoms with Crippen molar-refractivity contribution in [3.8, 4) is 24.3 Å². The van der Waals surface area contributed by atoms with E-state index in [2.05, 4.69) is 0 Å². The number of nitrogens with zero attached hydrogens (tertiary/aromatic N) is 4. The molecule has 0 heterocycles. The zero-order chi connectivity index (χ0) is 10.7. The Morgan fingerprint density at radius 3 is 1.38 bits per heavy atom. The van der Waals surface area contributed by atoms with Gasteiger partial charge in [-0.3, -0.25) is 0 Å². The largest absolute Gasteiger partial charge is 0.394 e. The summed E-state index contributed by atoms with van der Waals surface area (Å²) in [6.07, 6.45) is 0. The van der Waals surface area contributed by atoms with Crippen molar-refractivity contribution in [2.75, 3.05) is 6.61 Å². The van der Waals surface area contributed by atoms with E-state index in [1.54, 1.807) is 31.2 Å². The Bertz CT molecular complexity index is 257. The predicted molar refractivity (Wildman–Crippen MR) is 42.2 cm³/mol. The van der Waals surface area contributed by atoms with Gasteiger partial charge in [-0.2, -0.15) is 21.0 Å². The van der Waals surface area contributed by atoms with Crippen LogP contribution in [0.5, 0.6) is 0 Å². The first-order chi connectivity index (χ1) is 6.15. The molecule has 0 atom stereocenters. The van der Waals surface area contributed by atoms with Gasteiger partial charge in [-0.25, -0.2) is 0 Å². The van der Waals surface area contributed by atoms with Crippen LogP contribution in [0.2, 0.25) is 0 Å². The van der Waals surface area contributed by atoms with Crippen LogP contribution in [0.1, 0.15) is 6.92 Å². The summed E-state index contributed by atoms with van der Waals surface area (Å²) >= 11 is 0. The average Bonchev–Trinajstić information content (AvgIpc) is 2.20. The second-order valence-electron chi connectivity index (χ2n) is 1.97. The lowest BCUT2D eigenvalue weighted by atomic mass is 10.2. The van der Waals surface area contributed by atoms with Crippen molar-refractivity contribution in [1.82, 2.24) is 0 Å². The summed E-state index contributed by atoms with van der Waals surface area (Å²) in [6, 6.07) is 6.69. The average molecular weight is 176 g/mol. The van der Waals surface area contributed by atoms with Gasteiger partial charge in [-0.15, -0.1) is 0 Å². The van der Waals surface area contributed by atoms with Gasteiger partial charge in [0.1, 0.15) is 5.92 Å². The quantitative estimate of drug-likeness (QED) is 0.617. The summed E-state index contributed by atoms with van der Waals surface area (Å²) in [7, 11) is 0. The second kappa shape index (κ2) is 9.92. The minimum atomic E-state index is -0.847. The SMILES string of the molecule is CC(C#N)C#N.N#CC(C#N)CO. The van der Waals surface area contributed by atoms with E-state index in [9.17, 15) is 0 Å².